The number of hydrogen-bond donors (Lipinski definition) is 2. The summed E-state index contributed by atoms with van der Waals surface area (Å²) in [6, 6.07) is 14.1. The Hall–Kier alpha value is -1.91. The first-order valence-electron chi connectivity index (χ1n) is 6.07. The van der Waals surface area contributed by atoms with Gasteiger partial charge in [-0.15, -0.1) is 0 Å². The van der Waals surface area contributed by atoms with Crippen molar-refractivity contribution >= 4 is 0 Å². The van der Waals surface area contributed by atoms with Crippen LogP contribution in [0.15, 0.2) is 48.5 Å². The van der Waals surface area contributed by atoms with Gasteiger partial charge >= 0.3 is 0 Å². The van der Waals surface area contributed by atoms with E-state index in [2.05, 4.69) is 5.43 Å². The maximum Gasteiger partial charge on any atom is 0.123 e. The number of ether oxygens (including phenoxy) is 1. The van der Waals surface area contributed by atoms with Crippen LogP contribution in [0.3, 0.4) is 0 Å². The molecule has 19 heavy (non-hydrogen) atoms. The van der Waals surface area contributed by atoms with Crippen molar-refractivity contribution in [1.29, 1.82) is 0 Å². The van der Waals surface area contributed by atoms with Gasteiger partial charge in [-0.2, -0.15) is 0 Å². The zero-order valence-corrected chi connectivity index (χ0v) is 10.8. The number of nitrogens with two attached hydrogens (primary N) is 1. The highest BCUT2D eigenvalue weighted by Gasteiger charge is 2.11. The molecule has 4 heteroatoms. The summed E-state index contributed by atoms with van der Waals surface area (Å²) < 4.78 is 18.3. The second kappa shape index (κ2) is 6.31. The monoisotopic (exact) mass is 260 g/mol. The zero-order chi connectivity index (χ0) is 13.7. The lowest BCUT2D eigenvalue weighted by atomic mass is 9.99. The first-order valence-corrected chi connectivity index (χ1v) is 6.07. The molecule has 0 saturated carbocycles. The molecule has 0 aliphatic heterocycles. The van der Waals surface area contributed by atoms with Crippen LogP contribution in [0.1, 0.15) is 17.2 Å². The second-order valence-electron chi connectivity index (χ2n) is 4.33. The highest BCUT2D eigenvalue weighted by Crippen LogP contribution is 2.20. The molecule has 0 saturated heterocycles. The van der Waals surface area contributed by atoms with Crippen molar-refractivity contribution in [2.75, 3.05) is 7.11 Å². The van der Waals surface area contributed by atoms with Crippen molar-refractivity contribution in [1.82, 2.24) is 5.43 Å². The molecule has 3 N–H and O–H groups in total. The van der Waals surface area contributed by atoms with Gasteiger partial charge in [-0.25, -0.2) is 4.39 Å². The summed E-state index contributed by atoms with van der Waals surface area (Å²) in [6.45, 7) is 0. The molecule has 0 bridgehead atoms. The van der Waals surface area contributed by atoms with Crippen molar-refractivity contribution < 1.29 is 9.13 Å². The highest BCUT2D eigenvalue weighted by atomic mass is 19.1. The van der Waals surface area contributed by atoms with E-state index in [1.165, 1.54) is 12.1 Å². The van der Waals surface area contributed by atoms with Crippen LogP contribution in [0.2, 0.25) is 0 Å². The van der Waals surface area contributed by atoms with Crippen molar-refractivity contribution in [2.24, 2.45) is 5.84 Å². The fourth-order valence-electron chi connectivity index (χ4n) is 1.99. The van der Waals surface area contributed by atoms with E-state index >= 15 is 0 Å². The Bertz CT molecular complexity index is 528. The molecule has 2 aromatic rings. The van der Waals surface area contributed by atoms with Gasteiger partial charge in [0, 0.05) is 0 Å². The summed E-state index contributed by atoms with van der Waals surface area (Å²) in [6.07, 6.45) is 0.684. The lowest BCUT2D eigenvalue weighted by molar-refractivity contribution is 0.414. The predicted octanol–water partition coefficient (Wildman–Crippen LogP) is 2.58. The number of benzene rings is 2. The van der Waals surface area contributed by atoms with E-state index in [4.69, 9.17) is 10.6 Å². The van der Waals surface area contributed by atoms with E-state index in [9.17, 15) is 4.39 Å². The summed E-state index contributed by atoms with van der Waals surface area (Å²) in [4.78, 5) is 0. The van der Waals surface area contributed by atoms with Gasteiger partial charge in [0.1, 0.15) is 11.6 Å². The smallest absolute Gasteiger partial charge is 0.123 e. The molecule has 0 aliphatic rings. The molecule has 1 atom stereocenters. The minimum atomic E-state index is -0.257. The standard InChI is InChI=1S/C15H17FN2O/c1-19-14-7-5-11(6-8-14)9-15(18-17)12-3-2-4-13(16)10-12/h2-8,10,15,18H,9,17H2,1H3. The van der Waals surface area contributed by atoms with Crippen LogP contribution in [-0.4, -0.2) is 7.11 Å². The van der Waals surface area contributed by atoms with E-state index < -0.39 is 0 Å². The molecule has 0 fully saturated rings. The quantitative estimate of drug-likeness (QED) is 0.641. The topological polar surface area (TPSA) is 47.3 Å². The molecule has 2 aromatic carbocycles. The number of hydrazine groups is 1. The Balaban J connectivity index is 2.14. The molecule has 100 valence electrons. The van der Waals surface area contributed by atoms with Gasteiger partial charge in [0.25, 0.3) is 0 Å². The fourth-order valence-corrected chi connectivity index (χ4v) is 1.99. The molecular weight excluding hydrogens is 243 g/mol. The van der Waals surface area contributed by atoms with Gasteiger partial charge in [-0.1, -0.05) is 24.3 Å². The van der Waals surface area contributed by atoms with Crippen molar-refractivity contribution in [3.8, 4) is 5.75 Å². The third kappa shape index (κ3) is 3.53. The van der Waals surface area contributed by atoms with Gasteiger partial charge in [-0.3, -0.25) is 11.3 Å². The van der Waals surface area contributed by atoms with Crippen LogP contribution in [0.4, 0.5) is 4.39 Å². The number of nitrogens with one attached hydrogen (secondary N) is 1. The Labute approximate surface area is 112 Å². The Kier molecular flexibility index (Phi) is 4.49. The van der Waals surface area contributed by atoms with Gasteiger partial charge in [0.05, 0.1) is 13.2 Å². The van der Waals surface area contributed by atoms with Crippen LogP contribution in [0.25, 0.3) is 0 Å². The largest absolute Gasteiger partial charge is 0.497 e. The van der Waals surface area contributed by atoms with E-state index in [0.717, 1.165) is 16.9 Å². The first kappa shape index (κ1) is 13.5. The Morgan fingerprint density at radius 1 is 1.21 bits per heavy atom. The summed E-state index contributed by atoms with van der Waals surface area (Å²) in [5.74, 6) is 6.12. The van der Waals surface area contributed by atoms with E-state index in [1.807, 2.05) is 30.3 Å². The molecule has 3 nitrogen and oxygen atoms in total. The van der Waals surface area contributed by atoms with Crippen molar-refractivity contribution in [3.63, 3.8) is 0 Å². The molecule has 0 radical (unpaired) electrons. The third-order valence-corrected chi connectivity index (χ3v) is 3.05. The summed E-state index contributed by atoms with van der Waals surface area (Å²) >= 11 is 0. The van der Waals surface area contributed by atoms with E-state index in [0.29, 0.717) is 6.42 Å². The molecule has 0 aromatic heterocycles. The molecule has 0 heterocycles. The summed E-state index contributed by atoms with van der Waals surface area (Å²) in [7, 11) is 1.63. The molecule has 0 amide bonds. The first-order chi connectivity index (χ1) is 9.22. The maximum atomic E-state index is 13.2. The number of rotatable bonds is 5. The molecular formula is C15H17FN2O. The van der Waals surface area contributed by atoms with Gasteiger partial charge in [0.15, 0.2) is 0 Å². The van der Waals surface area contributed by atoms with Crippen LogP contribution < -0.4 is 16.0 Å². The normalized spacial score (nSPS) is 12.2. The lowest BCUT2D eigenvalue weighted by Gasteiger charge is -2.16. The second-order valence-corrected chi connectivity index (χ2v) is 4.33. The maximum absolute atomic E-state index is 13.2. The Morgan fingerprint density at radius 2 is 1.95 bits per heavy atom. The summed E-state index contributed by atoms with van der Waals surface area (Å²) in [5.41, 5.74) is 4.66. The average molecular weight is 260 g/mol. The minimum Gasteiger partial charge on any atom is -0.497 e. The van der Waals surface area contributed by atoms with E-state index in [-0.39, 0.29) is 11.9 Å². The van der Waals surface area contributed by atoms with Crippen LogP contribution in [0.5, 0.6) is 5.75 Å². The molecule has 1 unspecified atom stereocenters. The van der Waals surface area contributed by atoms with Crippen molar-refractivity contribution in [2.45, 2.75) is 12.5 Å². The van der Waals surface area contributed by atoms with Crippen molar-refractivity contribution in [3.05, 3.63) is 65.5 Å². The number of hydrogen-bond acceptors (Lipinski definition) is 3. The van der Waals surface area contributed by atoms with Gasteiger partial charge in [0.2, 0.25) is 0 Å². The van der Waals surface area contributed by atoms with Crippen LogP contribution in [0, 0.1) is 5.82 Å². The predicted molar refractivity (Wildman–Crippen MR) is 73.2 cm³/mol. The molecule has 0 aliphatic carbocycles. The average Bonchev–Trinajstić information content (AvgIpc) is 2.45. The fraction of sp³-hybridized carbons (Fsp3) is 0.200. The van der Waals surface area contributed by atoms with Gasteiger partial charge in [-0.05, 0) is 41.8 Å². The lowest BCUT2D eigenvalue weighted by Crippen LogP contribution is -2.29. The number of methoxy groups -OCH3 is 1. The van der Waals surface area contributed by atoms with Gasteiger partial charge < -0.3 is 4.74 Å². The van der Waals surface area contributed by atoms with E-state index in [1.54, 1.807) is 13.2 Å². The summed E-state index contributed by atoms with van der Waals surface area (Å²) in [5, 5.41) is 0. The van der Waals surface area contributed by atoms with Crippen LogP contribution in [-0.2, 0) is 6.42 Å². The van der Waals surface area contributed by atoms with Crippen LogP contribution >= 0.6 is 0 Å². The highest BCUT2D eigenvalue weighted by molar-refractivity contribution is 5.29. The zero-order valence-electron chi connectivity index (χ0n) is 10.8. The SMILES string of the molecule is COc1ccc(CC(NN)c2cccc(F)c2)cc1. The molecule has 0 spiro atoms. The molecule has 2 rings (SSSR count). The number of halogens is 1. The Morgan fingerprint density at radius 3 is 2.53 bits per heavy atom. The third-order valence-electron chi connectivity index (χ3n) is 3.05. The minimum absolute atomic E-state index is 0.121.